The summed E-state index contributed by atoms with van der Waals surface area (Å²) in [4.78, 5) is 3.83. The van der Waals surface area contributed by atoms with Gasteiger partial charge in [-0.05, 0) is 54.1 Å². The molecule has 1 fully saturated rings. The first-order valence-electron chi connectivity index (χ1n) is 11.0. The number of ether oxygens (including phenoxy) is 2. The highest BCUT2D eigenvalue weighted by molar-refractivity contribution is 7.87. The molecule has 7 nitrogen and oxygen atoms in total. The van der Waals surface area contributed by atoms with E-state index in [9.17, 15) is 17.2 Å². The number of anilines is 1. The number of methoxy groups -OCH3 is 2. The van der Waals surface area contributed by atoms with Crippen LogP contribution >= 0.6 is 0 Å². The largest absolute Gasteiger partial charge is 0.493 e. The predicted molar refractivity (Wildman–Crippen MR) is 128 cm³/mol. The minimum Gasteiger partial charge on any atom is -0.493 e. The SMILES string of the molecule is COc1ccc(CN2CCN(c3ccc(OS(=O)(=O)c4ccc(F)cc4F)cc3)CC2)cc1OC. The Balaban J connectivity index is 1.34. The molecule has 186 valence electrons. The molecule has 0 N–H and O–H groups in total. The van der Waals surface area contributed by atoms with Gasteiger partial charge in [0, 0.05) is 44.5 Å². The van der Waals surface area contributed by atoms with Crippen molar-refractivity contribution >= 4 is 15.8 Å². The molecule has 3 aromatic rings. The molecule has 1 aliphatic heterocycles. The highest BCUT2D eigenvalue weighted by atomic mass is 32.2. The van der Waals surface area contributed by atoms with Gasteiger partial charge < -0.3 is 18.6 Å². The fourth-order valence-electron chi connectivity index (χ4n) is 3.96. The molecule has 0 unspecified atom stereocenters. The second kappa shape index (κ2) is 10.5. The molecule has 10 heteroatoms. The van der Waals surface area contributed by atoms with E-state index in [1.165, 1.54) is 12.1 Å². The zero-order chi connectivity index (χ0) is 25.0. The van der Waals surface area contributed by atoms with Crippen molar-refractivity contribution in [2.24, 2.45) is 0 Å². The van der Waals surface area contributed by atoms with Crippen molar-refractivity contribution in [3.63, 3.8) is 0 Å². The molecular weight excluding hydrogens is 478 g/mol. The van der Waals surface area contributed by atoms with E-state index in [1.54, 1.807) is 26.4 Å². The van der Waals surface area contributed by atoms with Crippen LogP contribution in [0.4, 0.5) is 14.5 Å². The lowest BCUT2D eigenvalue weighted by Crippen LogP contribution is -2.45. The van der Waals surface area contributed by atoms with Crippen LogP contribution in [0.1, 0.15) is 5.56 Å². The Hall–Kier alpha value is -3.37. The van der Waals surface area contributed by atoms with Crippen molar-refractivity contribution in [1.82, 2.24) is 4.90 Å². The number of piperazine rings is 1. The Morgan fingerprint density at radius 2 is 1.51 bits per heavy atom. The Bertz CT molecular complexity index is 1280. The molecule has 0 saturated carbocycles. The van der Waals surface area contributed by atoms with Crippen molar-refractivity contribution in [3.8, 4) is 17.2 Å². The van der Waals surface area contributed by atoms with Gasteiger partial charge in [-0.3, -0.25) is 4.90 Å². The summed E-state index contributed by atoms with van der Waals surface area (Å²) in [6, 6.07) is 14.7. The second-order valence-corrected chi connectivity index (χ2v) is 9.57. The number of nitrogens with zero attached hydrogens (tertiary/aromatic N) is 2. The third kappa shape index (κ3) is 5.83. The minimum absolute atomic E-state index is 0.0459. The second-order valence-electron chi connectivity index (χ2n) is 8.06. The van der Waals surface area contributed by atoms with E-state index in [-0.39, 0.29) is 5.75 Å². The highest BCUT2D eigenvalue weighted by Crippen LogP contribution is 2.29. The van der Waals surface area contributed by atoms with Gasteiger partial charge in [0.25, 0.3) is 0 Å². The highest BCUT2D eigenvalue weighted by Gasteiger charge is 2.23. The molecule has 0 atom stereocenters. The van der Waals surface area contributed by atoms with Crippen LogP contribution in [0.2, 0.25) is 0 Å². The third-order valence-electron chi connectivity index (χ3n) is 5.80. The smallest absolute Gasteiger partial charge is 0.342 e. The number of rotatable bonds is 8. The average Bonchev–Trinajstić information content (AvgIpc) is 2.84. The lowest BCUT2D eigenvalue weighted by atomic mass is 10.1. The summed E-state index contributed by atoms with van der Waals surface area (Å²) in [5.41, 5.74) is 2.06. The fraction of sp³-hybridized carbons (Fsp3) is 0.280. The summed E-state index contributed by atoms with van der Waals surface area (Å²) in [6.07, 6.45) is 0. The normalized spacial score (nSPS) is 14.6. The maximum atomic E-state index is 13.9. The summed E-state index contributed by atoms with van der Waals surface area (Å²) in [7, 11) is -1.19. The molecule has 0 bridgehead atoms. The molecule has 0 amide bonds. The van der Waals surface area contributed by atoms with Crippen LogP contribution in [-0.2, 0) is 16.7 Å². The van der Waals surface area contributed by atoms with E-state index in [4.69, 9.17) is 13.7 Å². The summed E-state index contributed by atoms with van der Waals surface area (Å²) >= 11 is 0. The van der Waals surface area contributed by atoms with Crippen molar-refractivity contribution in [2.45, 2.75) is 11.4 Å². The third-order valence-corrected chi connectivity index (χ3v) is 7.08. The number of hydrogen-bond donors (Lipinski definition) is 0. The average molecular weight is 505 g/mol. The van der Waals surface area contributed by atoms with Crippen molar-refractivity contribution in [3.05, 3.63) is 77.9 Å². The minimum atomic E-state index is -4.42. The van der Waals surface area contributed by atoms with Gasteiger partial charge in [0.2, 0.25) is 0 Å². The number of benzene rings is 3. The zero-order valence-electron chi connectivity index (χ0n) is 19.4. The van der Waals surface area contributed by atoms with E-state index in [0.29, 0.717) is 17.6 Å². The van der Waals surface area contributed by atoms with Gasteiger partial charge in [0.05, 0.1) is 14.2 Å². The lowest BCUT2D eigenvalue weighted by molar-refractivity contribution is 0.249. The van der Waals surface area contributed by atoms with Gasteiger partial charge >= 0.3 is 10.1 Å². The topological polar surface area (TPSA) is 68.3 Å². The van der Waals surface area contributed by atoms with Crippen molar-refractivity contribution in [1.29, 1.82) is 0 Å². The van der Waals surface area contributed by atoms with Crippen LogP contribution in [0.3, 0.4) is 0 Å². The van der Waals surface area contributed by atoms with E-state index < -0.39 is 26.6 Å². The van der Waals surface area contributed by atoms with E-state index in [2.05, 4.69) is 9.80 Å². The number of hydrogen-bond acceptors (Lipinski definition) is 7. The van der Waals surface area contributed by atoms with Crippen LogP contribution in [0.5, 0.6) is 17.2 Å². The van der Waals surface area contributed by atoms with Gasteiger partial charge in [-0.15, -0.1) is 0 Å². The molecule has 35 heavy (non-hydrogen) atoms. The molecule has 0 spiro atoms. The van der Waals surface area contributed by atoms with Crippen LogP contribution < -0.4 is 18.6 Å². The van der Waals surface area contributed by atoms with Gasteiger partial charge in [-0.1, -0.05) is 6.07 Å². The molecule has 0 aliphatic carbocycles. The Labute approximate surface area is 203 Å². The monoisotopic (exact) mass is 504 g/mol. The van der Waals surface area contributed by atoms with Crippen molar-refractivity contribution in [2.75, 3.05) is 45.3 Å². The lowest BCUT2D eigenvalue weighted by Gasteiger charge is -2.36. The standard InChI is InChI=1S/C25H26F2N2O5S/c1-32-23-9-3-18(15-24(23)33-2)17-28-11-13-29(14-12-28)20-5-7-21(8-6-20)34-35(30,31)25-10-4-19(26)16-22(25)27/h3-10,15-16H,11-14,17H2,1-2H3. The summed E-state index contributed by atoms with van der Waals surface area (Å²) in [5, 5.41) is 0. The summed E-state index contributed by atoms with van der Waals surface area (Å²) < 4.78 is 67.4. The van der Waals surface area contributed by atoms with E-state index in [0.717, 1.165) is 56.1 Å². The molecular formula is C25H26F2N2O5S. The molecule has 4 rings (SSSR count). The predicted octanol–water partition coefficient (Wildman–Crippen LogP) is 4.07. The Kier molecular flexibility index (Phi) is 7.42. The van der Waals surface area contributed by atoms with Gasteiger partial charge in [-0.2, -0.15) is 8.42 Å². The zero-order valence-corrected chi connectivity index (χ0v) is 20.2. The van der Waals surface area contributed by atoms with Crippen LogP contribution in [0.25, 0.3) is 0 Å². The molecule has 1 saturated heterocycles. The van der Waals surface area contributed by atoms with Gasteiger partial charge in [-0.25, -0.2) is 8.78 Å². The van der Waals surface area contributed by atoms with Crippen LogP contribution in [0.15, 0.2) is 65.6 Å². The number of halogens is 2. The first-order valence-corrected chi connectivity index (χ1v) is 12.4. The van der Waals surface area contributed by atoms with Crippen molar-refractivity contribution < 1.29 is 30.9 Å². The maximum Gasteiger partial charge on any atom is 0.342 e. The molecule has 0 aromatic heterocycles. The maximum absolute atomic E-state index is 13.9. The molecule has 1 heterocycles. The quantitative estimate of drug-likeness (QED) is 0.429. The van der Waals surface area contributed by atoms with Gasteiger partial charge in [0.1, 0.15) is 22.3 Å². The Morgan fingerprint density at radius 1 is 0.829 bits per heavy atom. The summed E-state index contributed by atoms with van der Waals surface area (Å²) in [6.45, 7) is 4.09. The fourth-order valence-corrected chi connectivity index (χ4v) is 4.95. The van der Waals surface area contributed by atoms with Gasteiger partial charge in [0.15, 0.2) is 11.5 Å². The molecule has 0 radical (unpaired) electrons. The van der Waals surface area contributed by atoms with E-state index >= 15 is 0 Å². The first kappa shape index (κ1) is 24.7. The van der Waals surface area contributed by atoms with E-state index in [1.807, 2.05) is 18.2 Å². The summed E-state index contributed by atoms with van der Waals surface area (Å²) in [5.74, 6) is -0.619. The first-order chi connectivity index (χ1) is 16.8. The Morgan fingerprint density at radius 3 is 2.14 bits per heavy atom. The molecule has 3 aromatic carbocycles. The molecule has 1 aliphatic rings. The van der Waals surface area contributed by atoms with Crippen LogP contribution in [-0.4, -0.2) is 53.7 Å². The van der Waals surface area contributed by atoms with Crippen LogP contribution in [0, 0.1) is 11.6 Å².